The third-order valence-electron chi connectivity index (χ3n) is 4.12. The largest absolute Gasteiger partial charge is 0.469 e. The van der Waals surface area contributed by atoms with E-state index in [9.17, 15) is 4.79 Å². The van der Waals surface area contributed by atoms with Crippen LogP contribution in [0.3, 0.4) is 0 Å². The van der Waals surface area contributed by atoms with E-state index in [1.165, 1.54) is 7.11 Å². The van der Waals surface area contributed by atoms with E-state index in [-0.39, 0.29) is 29.9 Å². The third-order valence-corrected chi connectivity index (χ3v) is 4.12. The Kier molecular flexibility index (Phi) is 15.2. The molecule has 1 rings (SSSR count). The van der Waals surface area contributed by atoms with Gasteiger partial charge in [0.25, 0.3) is 0 Å². The average molecular weight is 471 g/mol. The number of aliphatic imine (C=N–C) groups is 1. The van der Waals surface area contributed by atoms with Gasteiger partial charge < -0.3 is 24.4 Å². The molecule has 1 heterocycles. The van der Waals surface area contributed by atoms with Crippen LogP contribution in [0.5, 0.6) is 0 Å². The van der Waals surface area contributed by atoms with Crippen molar-refractivity contribution in [2.45, 2.75) is 44.6 Å². The summed E-state index contributed by atoms with van der Waals surface area (Å²) >= 11 is 0. The molecule has 8 heteroatoms. The number of nitrogens with zero attached hydrogens (tertiary/aromatic N) is 2. The van der Waals surface area contributed by atoms with Crippen LogP contribution >= 0.6 is 24.0 Å². The summed E-state index contributed by atoms with van der Waals surface area (Å²) in [6, 6.07) is 0. The summed E-state index contributed by atoms with van der Waals surface area (Å²) in [5.41, 5.74) is 0. The first-order valence-corrected chi connectivity index (χ1v) is 8.84. The number of nitrogens with one attached hydrogen (secondary N) is 1. The fraction of sp³-hybridized carbons (Fsp3) is 0.882. The van der Waals surface area contributed by atoms with Crippen LogP contribution in [0.2, 0.25) is 0 Å². The fourth-order valence-corrected chi connectivity index (χ4v) is 2.72. The highest BCUT2D eigenvalue weighted by atomic mass is 127. The first kappa shape index (κ1) is 24.4. The standard InChI is InChI=1S/C17H33N3O4.HI/c1-18-17(19-10-5-4-7-16(21)23-3)20-11-8-15(9-12-20)24-14-6-13-22-2;/h15H,4-14H2,1-3H3,(H,18,19);1H. The molecule has 0 atom stereocenters. The molecule has 1 fully saturated rings. The Balaban J connectivity index is 0.00000576. The Bertz CT molecular complexity index is 375. The lowest BCUT2D eigenvalue weighted by atomic mass is 10.1. The maximum absolute atomic E-state index is 11.1. The van der Waals surface area contributed by atoms with Gasteiger partial charge in [0.15, 0.2) is 5.96 Å². The maximum Gasteiger partial charge on any atom is 0.305 e. The summed E-state index contributed by atoms with van der Waals surface area (Å²) in [7, 11) is 4.95. The lowest BCUT2D eigenvalue weighted by Gasteiger charge is -2.34. The summed E-state index contributed by atoms with van der Waals surface area (Å²) in [5, 5.41) is 3.37. The van der Waals surface area contributed by atoms with Gasteiger partial charge in [-0.05, 0) is 32.1 Å². The Morgan fingerprint density at radius 3 is 2.48 bits per heavy atom. The van der Waals surface area contributed by atoms with E-state index in [2.05, 4.69) is 19.9 Å². The van der Waals surface area contributed by atoms with Crippen molar-refractivity contribution >= 4 is 35.9 Å². The predicted octanol–water partition coefficient (Wildman–Crippen LogP) is 2.04. The van der Waals surface area contributed by atoms with Gasteiger partial charge in [-0.2, -0.15) is 0 Å². The number of hydrogen-bond donors (Lipinski definition) is 1. The number of carbonyl (C=O) groups is 1. The SMILES string of the molecule is CN=C(NCCCCC(=O)OC)N1CCC(OCCCOC)CC1.I. The van der Waals surface area contributed by atoms with E-state index in [1.54, 1.807) is 7.11 Å². The van der Waals surface area contributed by atoms with Crippen molar-refractivity contribution in [3.8, 4) is 0 Å². The molecule has 0 unspecified atom stereocenters. The van der Waals surface area contributed by atoms with Gasteiger partial charge in [-0.3, -0.25) is 9.79 Å². The molecule has 0 aromatic rings. The molecule has 0 radical (unpaired) electrons. The number of methoxy groups -OCH3 is 2. The van der Waals surface area contributed by atoms with Gasteiger partial charge in [0.05, 0.1) is 13.2 Å². The lowest BCUT2D eigenvalue weighted by Crippen LogP contribution is -2.47. The van der Waals surface area contributed by atoms with Gasteiger partial charge in [0, 0.05) is 53.4 Å². The smallest absolute Gasteiger partial charge is 0.305 e. The highest BCUT2D eigenvalue weighted by Crippen LogP contribution is 2.14. The zero-order valence-electron chi connectivity index (χ0n) is 15.8. The molecule has 0 bridgehead atoms. The Morgan fingerprint density at radius 1 is 1.16 bits per heavy atom. The molecule has 0 spiro atoms. The van der Waals surface area contributed by atoms with E-state index >= 15 is 0 Å². The summed E-state index contributed by atoms with van der Waals surface area (Å²) in [5.74, 6) is 0.790. The minimum Gasteiger partial charge on any atom is -0.469 e. The lowest BCUT2D eigenvalue weighted by molar-refractivity contribution is -0.140. The quantitative estimate of drug-likeness (QED) is 0.173. The molecule has 1 aliphatic rings. The normalized spacial score (nSPS) is 15.6. The number of guanidine groups is 1. The summed E-state index contributed by atoms with van der Waals surface area (Å²) in [4.78, 5) is 17.7. The first-order chi connectivity index (χ1) is 11.7. The molecule has 1 saturated heterocycles. The summed E-state index contributed by atoms with van der Waals surface area (Å²) < 4.78 is 15.5. The predicted molar refractivity (Wildman–Crippen MR) is 110 cm³/mol. The van der Waals surface area contributed by atoms with Gasteiger partial charge in [-0.1, -0.05) is 0 Å². The number of carbonyl (C=O) groups excluding carboxylic acids is 1. The molecule has 0 amide bonds. The maximum atomic E-state index is 11.1. The van der Waals surface area contributed by atoms with Crippen molar-refractivity contribution in [2.75, 3.05) is 54.1 Å². The van der Waals surface area contributed by atoms with Crippen molar-refractivity contribution in [3.63, 3.8) is 0 Å². The van der Waals surface area contributed by atoms with Crippen molar-refractivity contribution in [1.82, 2.24) is 10.2 Å². The molecule has 1 aliphatic heterocycles. The van der Waals surface area contributed by atoms with Crippen molar-refractivity contribution in [1.29, 1.82) is 0 Å². The Labute approximate surface area is 168 Å². The van der Waals surface area contributed by atoms with Crippen molar-refractivity contribution in [3.05, 3.63) is 0 Å². The van der Waals surface area contributed by atoms with E-state index in [4.69, 9.17) is 9.47 Å². The number of unbranched alkanes of at least 4 members (excludes halogenated alkanes) is 1. The zero-order valence-corrected chi connectivity index (χ0v) is 18.1. The van der Waals surface area contributed by atoms with E-state index in [1.807, 2.05) is 7.05 Å². The van der Waals surface area contributed by atoms with Crippen LogP contribution in [-0.2, 0) is 19.0 Å². The van der Waals surface area contributed by atoms with Crippen molar-refractivity contribution in [2.24, 2.45) is 4.99 Å². The van der Waals surface area contributed by atoms with Crippen LogP contribution in [-0.4, -0.2) is 77.0 Å². The number of likely N-dealkylation sites (tertiary alicyclic amines) is 1. The molecule has 0 aromatic carbocycles. The van der Waals surface area contributed by atoms with Crippen LogP contribution in [0.4, 0.5) is 0 Å². The molecule has 148 valence electrons. The Hall–Kier alpha value is -0.610. The highest BCUT2D eigenvalue weighted by molar-refractivity contribution is 14.0. The monoisotopic (exact) mass is 471 g/mol. The van der Waals surface area contributed by atoms with Crippen LogP contribution < -0.4 is 5.32 Å². The Morgan fingerprint density at radius 2 is 1.88 bits per heavy atom. The number of rotatable bonds is 10. The molecule has 0 aliphatic carbocycles. The second kappa shape index (κ2) is 15.6. The fourth-order valence-electron chi connectivity index (χ4n) is 2.72. The van der Waals surface area contributed by atoms with Gasteiger partial charge >= 0.3 is 5.97 Å². The van der Waals surface area contributed by atoms with Gasteiger partial charge in [0.2, 0.25) is 0 Å². The molecule has 0 aromatic heterocycles. The molecule has 0 saturated carbocycles. The van der Waals surface area contributed by atoms with E-state index < -0.39 is 0 Å². The van der Waals surface area contributed by atoms with E-state index in [0.29, 0.717) is 12.5 Å². The van der Waals surface area contributed by atoms with E-state index in [0.717, 1.165) is 70.9 Å². The zero-order chi connectivity index (χ0) is 17.6. The highest BCUT2D eigenvalue weighted by Gasteiger charge is 2.21. The van der Waals surface area contributed by atoms with Gasteiger partial charge in [0.1, 0.15) is 0 Å². The second-order valence-electron chi connectivity index (χ2n) is 5.91. The minimum absolute atomic E-state index is 0. The number of halogens is 1. The second-order valence-corrected chi connectivity index (χ2v) is 5.91. The third kappa shape index (κ3) is 10.9. The van der Waals surface area contributed by atoms with Crippen molar-refractivity contribution < 1.29 is 19.0 Å². The minimum atomic E-state index is -0.146. The van der Waals surface area contributed by atoms with Crippen LogP contribution in [0.25, 0.3) is 0 Å². The molecule has 7 nitrogen and oxygen atoms in total. The first-order valence-electron chi connectivity index (χ1n) is 8.84. The van der Waals surface area contributed by atoms with Crippen LogP contribution in [0, 0.1) is 0 Å². The molecule has 1 N–H and O–H groups in total. The topological polar surface area (TPSA) is 72.4 Å². The molecular weight excluding hydrogens is 437 g/mol. The molecule has 25 heavy (non-hydrogen) atoms. The van der Waals surface area contributed by atoms with Gasteiger partial charge in [-0.15, -0.1) is 24.0 Å². The van der Waals surface area contributed by atoms with Crippen LogP contribution in [0.15, 0.2) is 4.99 Å². The number of hydrogen-bond acceptors (Lipinski definition) is 5. The summed E-state index contributed by atoms with van der Waals surface area (Å²) in [6.45, 7) is 4.25. The van der Waals surface area contributed by atoms with Crippen LogP contribution in [0.1, 0.15) is 38.5 Å². The van der Waals surface area contributed by atoms with Gasteiger partial charge in [-0.25, -0.2) is 0 Å². The average Bonchev–Trinajstić information content (AvgIpc) is 2.62. The molecular formula is C17H34IN3O4. The summed E-state index contributed by atoms with van der Waals surface area (Å²) in [6.07, 6.45) is 5.57. The number of ether oxygens (including phenoxy) is 3. The number of piperidine rings is 1. The number of esters is 1.